The number of benzene rings is 1. The molecule has 2 nitrogen and oxygen atoms in total. The molecule has 4 heteroatoms. The van der Waals surface area contributed by atoms with Crippen molar-refractivity contribution < 1.29 is 0 Å². The average Bonchev–Trinajstić information content (AvgIpc) is 2.86. The summed E-state index contributed by atoms with van der Waals surface area (Å²) in [5.74, 6) is 0. The molecule has 0 aliphatic heterocycles. The van der Waals surface area contributed by atoms with E-state index in [0.717, 1.165) is 20.4 Å². The quantitative estimate of drug-likeness (QED) is 0.710. The third-order valence-corrected chi connectivity index (χ3v) is 4.84. The van der Waals surface area contributed by atoms with Gasteiger partial charge in [-0.2, -0.15) is 0 Å². The van der Waals surface area contributed by atoms with E-state index in [0.29, 0.717) is 0 Å². The molecular formula is C15H13BrN2S. The number of thiophene rings is 1. The van der Waals surface area contributed by atoms with Gasteiger partial charge in [-0.15, -0.1) is 11.3 Å². The standard InChI is InChI=1S/C15H13BrN2S/c1-10(14-7-8-15(16)19-14)18-13-6-2-5-12-11(13)4-3-9-17-12/h2-10,18H,1H3. The molecule has 0 fully saturated rings. The van der Waals surface area contributed by atoms with Crippen LogP contribution in [0.2, 0.25) is 0 Å². The molecule has 2 aromatic heterocycles. The van der Waals surface area contributed by atoms with Gasteiger partial charge in [0.15, 0.2) is 0 Å². The number of anilines is 1. The molecule has 0 radical (unpaired) electrons. The van der Waals surface area contributed by atoms with Crippen molar-refractivity contribution in [2.75, 3.05) is 5.32 Å². The fraction of sp³-hybridized carbons (Fsp3) is 0.133. The fourth-order valence-electron chi connectivity index (χ4n) is 2.09. The van der Waals surface area contributed by atoms with E-state index in [1.54, 1.807) is 11.3 Å². The van der Waals surface area contributed by atoms with Gasteiger partial charge in [-0.05, 0) is 59.3 Å². The Labute approximate surface area is 124 Å². The molecule has 3 aromatic rings. The molecule has 1 atom stereocenters. The summed E-state index contributed by atoms with van der Waals surface area (Å²) in [5, 5.41) is 4.72. The van der Waals surface area contributed by atoms with Crippen molar-refractivity contribution in [2.24, 2.45) is 0 Å². The molecule has 1 unspecified atom stereocenters. The van der Waals surface area contributed by atoms with Crippen LogP contribution in [0.5, 0.6) is 0 Å². The Kier molecular flexibility index (Phi) is 3.53. The van der Waals surface area contributed by atoms with Crippen molar-refractivity contribution in [3.63, 3.8) is 0 Å². The third-order valence-electron chi connectivity index (χ3n) is 3.04. The van der Waals surface area contributed by atoms with E-state index < -0.39 is 0 Å². The predicted octanol–water partition coefficient (Wildman–Crippen LogP) is 5.23. The second-order valence-corrected chi connectivity index (χ2v) is 6.88. The first kappa shape index (κ1) is 12.6. The zero-order valence-electron chi connectivity index (χ0n) is 10.4. The number of rotatable bonds is 3. The van der Waals surface area contributed by atoms with Crippen LogP contribution in [0.4, 0.5) is 5.69 Å². The highest BCUT2D eigenvalue weighted by molar-refractivity contribution is 9.11. The second-order valence-electron chi connectivity index (χ2n) is 4.38. The molecule has 0 aliphatic carbocycles. The number of pyridine rings is 1. The molecule has 96 valence electrons. The van der Waals surface area contributed by atoms with Crippen molar-refractivity contribution in [1.29, 1.82) is 0 Å². The Bertz CT molecular complexity index is 703. The largest absolute Gasteiger partial charge is 0.377 e. The highest BCUT2D eigenvalue weighted by atomic mass is 79.9. The van der Waals surface area contributed by atoms with Crippen molar-refractivity contribution in [1.82, 2.24) is 4.98 Å². The lowest BCUT2D eigenvalue weighted by atomic mass is 10.1. The summed E-state index contributed by atoms with van der Waals surface area (Å²) in [7, 11) is 0. The van der Waals surface area contributed by atoms with Gasteiger partial charge in [0.25, 0.3) is 0 Å². The van der Waals surface area contributed by atoms with Gasteiger partial charge >= 0.3 is 0 Å². The van der Waals surface area contributed by atoms with E-state index in [1.807, 2.05) is 24.4 Å². The van der Waals surface area contributed by atoms with E-state index in [-0.39, 0.29) is 6.04 Å². The summed E-state index contributed by atoms with van der Waals surface area (Å²) in [6.45, 7) is 2.17. The summed E-state index contributed by atoms with van der Waals surface area (Å²) in [4.78, 5) is 5.69. The molecular weight excluding hydrogens is 320 g/mol. The maximum absolute atomic E-state index is 4.38. The smallest absolute Gasteiger partial charge is 0.0722 e. The molecule has 2 heterocycles. The van der Waals surface area contributed by atoms with Gasteiger partial charge in [0.05, 0.1) is 15.3 Å². The number of hydrogen-bond donors (Lipinski definition) is 1. The minimum absolute atomic E-state index is 0.280. The van der Waals surface area contributed by atoms with Gasteiger partial charge in [0.2, 0.25) is 0 Å². The Balaban J connectivity index is 1.93. The second kappa shape index (κ2) is 5.31. The van der Waals surface area contributed by atoms with Crippen molar-refractivity contribution in [3.8, 4) is 0 Å². The zero-order valence-corrected chi connectivity index (χ0v) is 12.8. The van der Waals surface area contributed by atoms with Crippen molar-refractivity contribution in [3.05, 3.63) is 57.3 Å². The summed E-state index contributed by atoms with van der Waals surface area (Å²) >= 11 is 5.27. The van der Waals surface area contributed by atoms with Crippen LogP contribution in [0.1, 0.15) is 17.8 Å². The summed E-state index contributed by atoms with van der Waals surface area (Å²) in [6, 6.07) is 14.8. The molecule has 1 aromatic carbocycles. The van der Waals surface area contributed by atoms with Gasteiger partial charge < -0.3 is 5.32 Å². The van der Waals surface area contributed by atoms with Crippen LogP contribution in [0.25, 0.3) is 10.9 Å². The molecule has 0 saturated carbocycles. The first-order chi connectivity index (χ1) is 9.24. The molecule has 0 bridgehead atoms. The molecule has 0 amide bonds. The summed E-state index contributed by atoms with van der Waals surface area (Å²) in [6.07, 6.45) is 1.83. The van der Waals surface area contributed by atoms with Gasteiger partial charge in [-0.25, -0.2) is 0 Å². The van der Waals surface area contributed by atoms with Crippen LogP contribution in [0.3, 0.4) is 0 Å². The lowest BCUT2D eigenvalue weighted by Gasteiger charge is -2.15. The monoisotopic (exact) mass is 332 g/mol. The predicted molar refractivity (Wildman–Crippen MR) is 85.8 cm³/mol. The number of halogens is 1. The van der Waals surface area contributed by atoms with Crippen LogP contribution >= 0.6 is 27.3 Å². The van der Waals surface area contributed by atoms with Crippen LogP contribution in [-0.2, 0) is 0 Å². The first-order valence-electron chi connectivity index (χ1n) is 6.09. The molecule has 0 spiro atoms. The highest BCUT2D eigenvalue weighted by Gasteiger charge is 2.09. The minimum atomic E-state index is 0.280. The van der Waals surface area contributed by atoms with E-state index in [4.69, 9.17) is 0 Å². The molecule has 1 N–H and O–H groups in total. The number of aromatic nitrogens is 1. The summed E-state index contributed by atoms with van der Waals surface area (Å²) in [5.41, 5.74) is 2.15. The SMILES string of the molecule is CC(Nc1cccc2ncccc12)c1ccc(Br)s1. The third kappa shape index (κ3) is 2.65. The van der Waals surface area contributed by atoms with E-state index in [2.05, 4.69) is 57.4 Å². The van der Waals surface area contributed by atoms with Crippen LogP contribution in [0.15, 0.2) is 52.4 Å². The Morgan fingerprint density at radius 1 is 1.16 bits per heavy atom. The fourth-order valence-corrected chi connectivity index (χ4v) is 3.52. The van der Waals surface area contributed by atoms with Crippen LogP contribution < -0.4 is 5.32 Å². The van der Waals surface area contributed by atoms with E-state index >= 15 is 0 Å². The Morgan fingerprint density at radius 3 is 2.84 bits per heavy atom. The molecule has 3 rings (SSSR count). The van der Waals surface area contributed by atoms with Gasteiger partial charge in [0.1, 0.15) is 0 Å². The van der Waals surface area contributed by atoms with Crippen molar-refractivity contribution >= 4 is 43.9 Å². The van der Waals surface area contributed by atoms with E-state index in [1.165, 1.54) is 4.88 Å². The van der Waals surface area contributed by atoms with Crippen molar-refractivity contribution in [2.45, 2.75) is 13.0 Å². The van der Waals surface area contributed by atoms with E-state index in [9.17, 15) is 0 Å². The lowest BCUT2D eigenvalue weighted by molar-refractivity contribution is 0.910. The molecule has 0 aliphatic rings. The van der Waals surface area contributed by atoms with Crippen LogP contribution in [-0.4, -0.2) is 4.98 Å². The maximum Gasteiger partial charge on any atom is 0.0722 e. The lowest BCUT2D eigenvalue weighted by Crippen LogP contribution is -2.05. The van der Waals surface area contributed by atoms with Gasteiger partial charge in [-0.3, -0.25) is 4.98 Å². The number of hydrogen-bond acceptors (Lipinski definition) is 3. The molecule has 0 saturated heterocycles. The first-order valence-corrected chi connectivity index (χ1v) is 7.70. The van der Waals surface area contributed by atoms with Gasteiger partial charge in [-0.1, -0.05) is 6.07 Å². The Morgan fingerprint density at radius 2 is 2.05 bits per heavy atom. The maximum atomic E-state index is 4.38. The number of nitrogens with zero attached hydrogens (tertiary/aromatic N) is 1. The Hall–Kier alpha value is -1.39. The molecule has 19 heavy (non-hydrogen) atoms. The minimum Gasteiger partial charge on any atom is -0.377 e. The number of nitrogens with one attached hydrogen (secondary N) is 1. The number of fused-ring (bicyclic) bond motifs is 1. The van der Waals surface area contributed by atoms with Gasteiger partial charge in [0, 0.05) is 22.1 Å². The zero-order chi connectivity index (χ0) is 13.2. The topological polar surface area (TPSA) is 24.9 Å². The highest BCUT2D eigenvalue weighted by Crippen LogP contribution is 2.31. The average molecular weight is 333 g/mol. The normalized spacial score (nSPS) is 12.5. The summed E-state index contributed by atoms with van der Waals surface area (Å²) < 4.78 is 1.16. The van der Waals surface area contributed by atoms with Crippen LogP contribution in [0, 0.1) is 0 Å².